The maximum Gasteiger partial charge on any atom is 0.248 e. The summed E-state index contributed by atoms with van der Waals surface area (Å²) in [7, 11) is 0. The zero-order chi connectivity index (χ0) is 19.3. The zero-order valence-corrected chi connectivity index (χ0v) is 15.4. The molecule has 0 saturated carbocycles. The van der Waals surface area contributed by atoms with Crippen LogP contribution in [0.25, 0.3) is 0 Å². The number of anilines is 2. The summed E-state index contributed by atoms with van der Waals surface area (Å²) in [6.07, 6.45) is 0. The number of ether oxygens (including phenoxy) is 2. The molecule has 7 nitrogen and oxygen atoms in total. The molecule has 0 spiro atoms. The van der Waals surface area contributed by atoms with Gasteiger partial charge in [0.05, 0.1) is 0 Å². The van der Waals surface area contributed by atoms with E-state index in [1.165, 1.54) is 0 Å². The molecule has 4 aromatic rings. The lowest BCUT2D eigenvalue weighted by Gasteiger charge is -2.42. The summed E-state index contributed by atoms with van der Waals surface area (Å²) in [5, 5.41) is 15.5. The fourth-order valence-electron chi connectivity index (χ4n) is 4.10. The quantitative estimate of drug-likeness (QED) is 0.513. The average molecular weight is 383 g/mol. The summed E-state index contributed by atoms with van der Waals surface area (Å²) >= 11 is 0. The molecular weight excluding hydrogens is 366 g/mol. The van der Waals surface area contributed by atoms with Gasteiger partial charge in [-0.15, -0.1) is 0 Å². The number of nitrogens with zero attached hydrogens (tertiary/aromatic N) is 4. The van der Waals surface area contributed by atoms with Crippen molar-refractivity contribution in [2.24, 2.45) is 0 Å². The van der Waals surface area contributed by atoms with Crippen molar-refractivity contribution in [3.63, 3.8) is 0 Å². The van der Waals surface area contributed by atoms with Crippen LogP contribution in [0.3, 0.4) is 0 Å². The van der Waals surface area contributed by atoms with Crippen LogP contribution in [0.15, 0.2) is 78.9 Å². The van der Waals surface area contributed by atoms with Gasteiger partial charge < -0.3 is 14.8 Å². The fourth-order valence-corrected chi connectivity index (χ4v) is 4.10. The third-order valence-electron chi connectivity index (χ3n) is 5.50. The lowest BCUT2D eigenvalue weighted by Crippen LogP contribution is -2.45. The lowest BCUT2D eigenvalue weighted by atomic mass is 9.89. The van der Waals surface area contributed by atoms with Crippen molar-refractivity contribution in [3.8, 4) is 0 Å². The smallest absolute Gasteiger partial charge is 0.248 e. The number of hydrogen-bond acceptors (Lipinski definition) is 6. The van der Waals surface area contributed by atoms with E-state index in [2.05, 4.69) is 39.0 Å². The van der Waals surface area contributed by atoms with Gasteiger partial charge in [-0.2, -0.15) is 4.68 Å². The van der Waals surface area contributed by atoms with Gasteiger partial charge >= 0.3 is 0 Å². The van der Waals surface area contributed by atoms with Crippen molar-refractivity contribution in [2.75, 3.05) is 12.1 Å². The van der Waals surface area contributed by atoms with Gasteiger partial charge in [0.1, 0.15) is 6.04 Å². The molecule has 3 aromatic carbocycles. The molecule has 1 aromatic heterocycles. The molecule has 2 aliphatic heterocycles. The van der Waals surface area contributed by atoms with Crippen molar-refractivity contribution in [1.82, 2.24) is 20.2 Å². The minimum Gasteiger partial charge on any atom is -0.323 e. The Hall–Kier alpha value is -3.55. The molecule has 0 bridgehead atoms. The van der Waals surface area contributed by atoms with Crippen LogP contribution in [0.5, 0.6) is 0 Å². The first-order valence-electron chi connectivity index (χ1n) is 9.43. The van der Waals surface area contributed by atoms with Gasteiger partial charge in [0.2, 0.25) is 11.7 Å². The summed E-state index contributed by atoms with van der Waals surface area (Å²) in [6, 6.07) is 26.3. The number of fused-ring (bicyclic) bond motifs is 2. The normalized spacial score (nSPS) is 18.8. The van der Waals surface area contributed by atoms with E-state index in [1.807, 2.05) is 60.7 Å². The van der Waals surface area contributed by atoms with Crippen LogP contribution in [0.1, 0.15) is 28.3 Å². The Bertz CT molecular complexity index is 1170. The Labute approximate surface area is 166 Å². The summed E-state index contributed by atoms with van der Waals surface area (Å²) in [6.45, 7) is 0.267. The van der Waals surface area contributed by atoms with E-state index in [4.69, 9.17) is 9.47 Å². The Balaban J connectivity index is 1.53. The standard InChI is InChI=1S/C22H17N5O2/c1-3-7-15(8-4-1)20-18-13-17(11-12-19(18)23-21-24-25-26-27(20)21)22(28-14-29-22)16-9-5-2-6-10-16/h1-13,20H,14H2,(H,23,24,26). The minimum absolute atomic E-state index is 0.148. The molecule has 6 rings (SSSR count). The van der Waals surface area contributed by atoms with Crippen LogP contribution in [-0.2, 0) is 15.3 Å². The number of rotatable bonds is 3. The number of hydrogen-bond donors (Lipinski definition) is 1. The van der Waals surface area contributed by atoms with E-state index >= 15 is 0 Å². The van der Waals surface area contributed by atoms with Crippen molar-refractivity contribution in [3.05, 3.63) is 101 Å². The molecule has 2 aliphatic rings. The summed E-state index contributed by atoms with van der Waals surface area (Å²) in [5.41, 5.74) is 5.03. The molecule has 1 unspecified atom stereocenters. The van der Waals surface area contributed by atoms with Crippen molar-refractivity contribution >= 4 is 11.6 Å². The second kappa shape index (κ2) is 6.23. The average Bonchev–Trinajstić information content (AvgIpc) is 3.21. The molecule has 1 saturated heterocycles. The molecule has 0 aliphatic carbocycles. The van der Waals surface area contributed by atoms with Crippen molar-refractivity contribution in [1.29, 1.82) is 0 Å². The topological polar surface area (TPSA) is 74.1 Å². The zero-order valence-electron chi connectivity index (χ0n) is 15.4. The van der Waals surface area contributed by atoms with Crippen LogP contribution in [0, 0.1) is 0 Å². The predicted octanol–water partition coefficient (Wildman–Crippen LogP) is 3.57. The molecule has 0 amide bonds. The second-order valence-corrected chi connectivity index (χ2v) is 7.08. The summed E-state index contributed by atoms with van der Waals surface area (Å²) < 4.78 is 13.8. The first kappa shape index (κ1) is 16.4. The largest absolute Gasteiger partial charge is 0.323 e. The third-order valence-corrected chi connectivity index (χ3v) is 5.50. The number of tetrazole rings is 1. The first-order valence-corrected chi connectivity index (χ1v) is 9.43. The van der Waals surface area contributed by atoms with Gasteiger partial charge in [0.25, 0.3) is 0 Å². The number of benzene rings is 3. The number of aromatic nitrogens is 4. The van der Waals surface area contributed by atoms with Crippen LogP contribution in [0.4, 0.5) is 11.6 Å². The predicted molar refractivity (Wildman–Crippen MR) is 105 cm³/mol. The lowest BCUT2D eigenvalue weighted by molar-refractivity contribution is -0.386. The van der Waals surface area contributed by atoms with Gasteiger partial charge in [-0.25, -0.2) is 0 Å². The molecular formula is C22H17N5O2. The SMILES string of the molecule is c1ccc(C2c3cc(C4(c5ccccc5)OCO4)ccc3Nc3nnnn32)cc1. The van der Waals surface area contributed by atoms with Crippen LogP contribution in [0.2, 0.25) is 0 Å². The highest BCUT2D eigenvalue weighted by atomic mass is 16.9. The van der Waals surface area contributed by atoms with Crippen LogP contribution >= 0.6 is 0 Å². The molecule has 3 heterocycles. The van der Waals surface area contributed by atoms with Gasteiger partial charge in [-0.1, -0.05) is 71.8 Å². The van der Waals surface area contributed by atoms with E-state index in [9.17, 15) is 0 Å². The molecule has 1 N–H and O–H groups in total. The maximum atomic E-state index is 5.99. The van der Waals surface area contributed by atoms with E-state index < -0.39 is 5.79 Å². The summed E-state index contributed by atoms with van der Waals surface area (Å²) in [4.78, 5) is 0. The molecule has 0 radical (unpaired) electrons. The molecule has 1 fully saturated rings. The Morgan fingerprint density at radius 2 is 1.66 bits per heavy atom. The Kier molecular flexibility index (Phi) is 3.53. The Morgan fingerprint density at radius 1 is 0.897 bits per heavy atom. The fraction of sp³-hybridized carbons (Fsp3) is 0.136. The Morgan fingerprint density at radius 3 is 2.38 bits per heavy atom. The van der Waals surface area contributed by atoms with Crippen LogP contribution in [-0.4, -0.2) is 27.0 Å². The first-order chi connectivity index (χ1) is 14.4. The molecule has 1 atom stereocenters. The minimum atomic E-state index is -0.890. The summed E-state index contributed by atoms with van der Waals surface area (Å²) in [5.74, 6) is -0.272. The highest BCUT2D eigenvalue weighted by molar-refractivity contribution is 5.66. The second-order valence-electron chi connectivity index (χ2n) is 7.08. The van der Waals surface area contributed by atoms with Gasteiger partial charge in [-0.3, -0.25) is 0 Å². The molecule has 7 heteroatoms. The van der Waals surface area contributed by atoms with E-state index in [1.54, 1.807) is 4.68 Å². The molecule has 142 valence electrons. The van der Waals surface area contributed by atoms with Gasteiger partial charge in [0.15, 0.2) is 6.79 Å². The van der Waals surface area contributed by atoms with Gasteiger partial charge in [0, 0.05) is 22.4 Å². The van der Waals surface area contributed by atoms with Crippen molar-refractivity contribution in [2.45, 2.75) is 11.8 Å². The van der Waals surface area contributed by atoms with E-state index in [-0.39, 0.29) is 12.8 Å². The highest BCUT2D eigenvalue weighted by Crippen LogP contribution is 2.45. The van der Waals surface area contributed by atoms with E-state index in [0.717, 1.165) is 27.9 Å². The monoisotopic (exact) mass is 383 g/mol. The number of nitrogens with one attached hydrogen (secondary N) is 1. The van der Waals surface area contributed by atoms with Gasteiger partial charge in [-0.05, 0) is 28.1 Å². The highest BCUT2D eigenvalue weighted by Gasteiger charge is 2.44. The maximum absolute atomic E-state index is 5.99. The molecule has 29 heavy (non-hydrogen) atoms. The third kappa shape index (κ3) is 2.41. The van der Waals surface area contributed by atoms with Crippen molar-refractivity contribution < 1.29 is 9.47 Å². The van der Waals surface area contributed by atoms with E-state index in [0.29, 0.717) is 5.95 Å². The van der Waals surface area contributed by atoms with Crippen LogP contribution < -0.4 is 5.32 Å².